The fourth-order valence-corrected chi connectivity index (χ4v) is 0.322. The molecule has 2 N–H and O–H groups in total. The molecule has 9 heavy (non-hydrogen) atoms. The lowest BCUT2D eigenvalue weighted by molar-refractivity contribution is 0.563. The molecule has 0 radical (unpaired) electrons. The highest BCUT2D eigenvalue weighted by atomic mass is 16.1. The van der Waals surface area contributed by atoms with Crippen molar-refractivity contribution >= 4 is 11.9 Å². The van der Waals surface area contributed by atoms with Crippen molar-refractivity contribution in [3.05, 3.63) is 0 Å². The summed E-state index contributed by atoms with van der Waals surface area (Å²) in [6, 6.07) is 0. The van der Waals surface area contributed by atoms with Gasteiger partial charge in [0.1, 0.15) is 0 Å². The Morgan fingerprint density at radius 3 is 2.78 bits per heavy atom. The average molecular weight is 127 g/mol. The molecular formula is C5H9N3O. The number of nitrogens with zero attached hydrogens (tertiary/aromatic N) is 2. The SMILES string of the molecule is CC(N)=NCCN=C=O. The molecular weight excluding hydrogens is 118 g/mol. The highest BCUT2D eigenvalue weighted by Gasteiger charge is 1.78. The monoisotopic (exact) mass is 127 g/mol. The maximum Gasteiger partial charge on any atom is 0.235 e. The molecule has 50 valence electrons. The van der Waals surface area contributed by atoms with E-state index in [1.807, 2.05) is 0 Å². The third kappa shape index (κ3) is 6.85. The molecule has 0 aromatic carbocycles. The summed E-state index contributed by atoms with van der Waals surface area (Å²) >= 11 is 0. The van der Waals surface area contributed by atoms with Gasteiger partial charge in [-0.25, -0.2) is 9.79 Å². The van der Waals surface area contributed by atoms with Crippen molar-refractivity contribution < 1.29 is 4.79 Å². The van der Waals surface area contributed by atoms with E-state index in [4.69, 9.17) is 5.73 Å². The largest absolute Gasteiger partial charge is 0.388 e. The summed E-state index contributed by atoms with van der Waals surface area (Å²) in [5.41, 5.74) is 5.18. The molecule has 0 fully saturated rings. The van der Waals surface area contributed by atoms with Crippen LogP contribution in [0.25, 0.3) is 0 Å². The summed E-state index contributed by atoms with van der Waals surface area (Å²) in [6.07, 6.45) is 1.41. The maximum absolute atomic E-state index is 9.48. The number of carbonyl (C=O) groups excluding carboxylic acids is 1. The van der Waals surface area contributed by atoms with Crippen LogP contribution in [-0.4, -0.2) is 25.0 Å². The summed E-state index contributed by atoms with van der Waals surface area (Å²) in [5, 5.41) is 0. The lowest BCUT2D eigenvalue weighted by Crippen LogP contribution is -2.06. The highest BCUT2D eigenvalue weighted by molar-refractivity contribution is 5.77. The summed E-state index contributed by atoms with van der Waals surface area (Å²) in [5.74, 6) is 0.510. The van der Waals surface area contributed by atoms with Crippen molar-refractivity contribution in [3.8, 4) is 0 Å². The number of hydrogen-bond acceptors (Lipinski definition) is 3. The standard InChI is InChI=1S/C5H9N3O/c1-5(6)8-3-2-7-4-9/h2-3H2,1H3,(H2,6,8). The van der Waals surface area contributed by atoms with Gasteiger partial charge in [0.25, 0.3) is 0 Å². The number of nitrogens with two attached hydrogens (primary N) is 1. The molecule has 0 aliphatic heterocycles. The number of aliphatic imine (C=N–C) groups is 2. The molecule has 4 heteroatoms. The van der Waals surface area contributed by atoms with Crippen molar-refractivity contribution in [2.75, 3.05) is 13.1 Å². The smallest absolute Gasteiger partial charge is 0.235 e. The second-order valence-corrected chi connectivity index (χ2v) is 1.50. The number of hydrogen-bond donors (Lipinski definition) is 1. The first-order chi connectivity index (χ1) is 4.27. The van der Waals surface area contributed by atoms with E-state index >= 15 is 0 Å². The topological polar surface area (TPSA) is 67.8 Å². The van der Waals surface area contributed by atoms with E-state index in [9.17, 15) is 4.79 Å². The fraction of sp³-hybridized carbons (Fsp3) is 0.600. The summed E-state index contributed by atoms with van der Waals surface area (Å²) in [4.78, 5) is 16.5. The first-order valence-electron chi connectivity index (χ1n) is 2.57. The van der Waals surface area contributed by atoms with Crippen LogP contribution in [-0.2, 0) is 4.79 Å². The molecule has 0 unspecified atom stereocenters. The molecule has 0 aromatic heterocycles. The summed E-state index contributed by atoms with van der Waals surface area (Å²) < 4.78 is 0. The number of isocyanates is 1. The van der Waals surface area contributed by atoms with Crippen LogP contribution >= 0.6 is 0 Å². The zero-order chi connectivity index (χ0) is 7.11. The third-order valence-corrected chi connectivity index (χ3v) is 0.638. The molecule has 4 nitrogen and oxygen atoms in total. The van der Waals surface area contributed by atoms with Gasteiger partial charge in [-0.05, 0) is 6.92 Å². The summed E-state index contributed by atoms with van der Waals surface area (Å²) in [6.45, 7) is 2.53. The van der Waals surface area contributed by atoms with Gasteiger partial charge in [0.2, 0.25) is 6.08 Å². The molecule has 0 aliphatic rings. The number of rotatable bonds is 3. The Morgan fingerprint density at radius 1 is 1.67 bits per heavy atom. The molecule has 0 bridgehead atoms. The fourth-order valence-electron chi connectivity index (χ4n) is 0.322. The molecule has 0 saturated heterocycles. The molecule has 0 aromatic rings. The third-order valence-electron chi connectivity index (χ3n) is 0.638. The van der Waals surface area contributed by atoms with Gasteiger partial charge in [-0.2, -0.15) is 0 Å². The van der Waals surface area contributed by atoms with Crippen molar-refractivity contribution in [3.63, 3.8) is 0 Å². The van der Waals surface area contributed by atoms with Crippen LogP contribution in [0.4, 0.5) is 0 Å². The predicted molar refractivity (Wildman–Crippen MR) is 35.2 cm³/mol. The second kappa shape index (κ2) is 5.00. The van der Waals surface area contributed by atoms with Crippen LogP contribution in [0.15, 0.2) is 9.98 Å². The molecule has 0 aliphatic carbocycles. The lowest BCUT2D eigenvalue weighted by Gasteiger charge is -1.86. The van der Waals surface area contributed by atoms with E-state index in [2.05, 4.69) is 9.98 Å². The quantitative estimate of drug-likeness (QED) is 0.245. The van der Waals surface area contributed by atoms with Crippen molar-refractivity contribution in [1.29, 1.82) is 0 Å². The van der Waals surface area contributed by atoms with E-state index in [0.29, 0.717) is 18.9 Å². The van der Waals surface area contributed by atoms with Crippen LogP contribution in [0.5, 0.6) is 0 Å². The van der Waals surface area contributed by atoms with E-state index in [0.717, 1.165) is 0 Å². The molecule has 0 spiro atoms. The Labute approximate surface area is 53.5 Å². The van der Waals surface area contributed by atoms with E-state index in [1.165, 1.54) is 6.08 Å². The Morgan fingerprint density at radius 2 is 2.33 bits per heavy atom. The van der Waals surface area contributed by atoms with Gasteiger partial charge in [-0.3, -0.25) is 4.99 Å². The van der Waals surface area contributed by atoms with Crippen molar-refractivity contribution in [1.82, 2.24) is 0 Å². The van der Waals surface area contributed by atoms with Gasteiger partial charge in [0.05, 0.1) is 18.9 Å². The van der Waals surface area contributed by atoms with Gasteiger partial charge >= 0.3 is 0 Å². The zero-order valence-electron chi connectivity index (χ0n) is 5.29. The molecule has 0 saturated carbocycles. The number of amidine groups is 1. The zero-order valence-corrected chi connectivity index (χ0v) is 5.29. The Balaban J connectivity index is 3.30. The minimum atomic E-state index is 0.373. The van der Waals surface area contributed by atoms with Crippen molar-refractivity contribution in [2.24, 2.45) is 15.7 Å². The Hall–Kier alpha value is -1.15. The first kappa shape index (κ1) is 7.85. The molecule has 0 rings (SSSR count). The second-order valence-electron chi connectivity index (χ2n) is 1.50. The van der Waals surface area contributed by atoms with E-state index < -0.39 is 0 Å². The normalized spacial score (nSPS) is 10.6. The Kier molecular flexibility index (Phi) is 4.36. The van der Waals surface area contributed by atoms with Gasteiger partial charge in [0, 0.05) is 0 Å². The molecule has 0 atom stereocenters. The Bertz CT molecular complexity index is 142. The van der Waals surface area contributed by atoms with Crippen LogP contribution in [0.3, 0.4) is 0 Å². The van der Waals surface area contributed by atoms with Gasteiger partial charge in [-0.15, -0.1) is 0 Å². The minimum absolute atomic E-state index is 0.373. The predicted octanol–water partition coefficient (Wildman–Crippen LogP) is -0.301. The van der Waals surface area contributed by atoms with Crippen LogP contribution in [0, 0.1) is 0 Å². The van der Waals surface area contributed by atoms with Crippen LogP contribution in [0.2, 0.25) is 0 Å². The van der Waals surface area contributed by atoms with Gasteiger partial charge in [0.15, 0.2) is 0 Å². The van der Waals surface area contributed by atoms with Crippen LogP contribution in [0.1, 0.15) is 6.92 Å². The average Bonchev–Trinajstić information content (AvgIpc) is 1.80. The first-order valence-corrected chi connectivity index (χ1v) is 2.57. The lowest BCUT2D eigenvalue weighted by atomic mass is 10.6. The van der Waals surface area contributed by atoms with Crippen molar-refractivity contribution in [2.45, 2.75) is 6.92 Å². The van der Waals surface area contributed by atoms with E-state index in [-0.39, 0.29) is 0 Å². The van der Waals surface area contributed by atoms with Crippen LogP contribution < -0.4 is 5.73 Å². The summed E-state index contributed by atoms with van der Waals surface area (Å²) in [7, 11) is 0. The highest BCUT2D eigenvalue weighted by Crippen LogP contribution is 1.71. The molecule has 0 amide bonds. The maximum atomic E-state index is 9.48. The minimum Gasteiger partial charge on any atom is -0.388 e. The van der Waals surface area contributed by atoms with Gasteiger partial charge in [-0.1, -0.05) is 0 Å². The van der Waals surface area contributed by atoms with E-state index in [1.54, 1.807) is 6.92 Å². The molecule has 0 heterocycles. The van der Waals surface area contributed by atoms with Gasteiger partial charge < -0.3 is 5.73 Å².